The van der Waals surface area contributed by atoms with Gasteiger partial charge < -0.3 is 11.1 Å². The standard InChI is InChI=1S/C12H12ClN3O3/c13-10-4-3-9(16(18)19)6-11(10)15-12(17)7-1-2-8(14)5-7/h1-4,6-8H,5,14H2,(H,15,17). The third-order valence-electron chi connectivity index (χ3n) is 2.87. The summed E-state index contributed by atoms with van der Waals surface area (Å²) in [6.45, 7) is 0. The van der Waals surface area contributed by atoms with E-state index in [0.29, 0.717) is 6.42 Å². The van der Waals surface area contributed by atoms with E-state index in [0.717, 1.165) is 0 Å². The van der Waals surface area contributed by atoms with Gasteiger partial charge in [0.2, 0.25) is 5.91 Å². The van der Waals surface area contributed by atoms with E-state index < -0.39 is 4.92 Å². The zero-order valence-corrected chi connectivity index (χ0v) is 10.6. The summed E-state index contributed by atoms with van der Waals surface area (Å²) < 4.78 is 0. The highest BCUT2D eigenvalue weighted by atomic mass is 35.5. The molecule has 0 fully saturated rings. The number of rotatable bonds is 3. The molecule has 1 aliphatic carbocycles. The van der Waals surface area contributed by atoms with Crippen LogP contribution in [0.4, 0.5) is 11.4 Å². The number of nitrogens with one attached hydrogen (secondary N) is 1. The Morgan fingerprint density at radius 1 is 1.47 bits per heavy atom. The van der Waals surface area contributed by atoms with Crippen molar-refractivity contribution in [2.24, 2.45) is 11.7 Å². The Morgan fingerprint density at radius 3 is 2.79 bits per heavy atom. The van der Waals surface area contributed by atoms with E-state index in [1.54, 1.807) is 12.2 Å². The van der Waals surface area contributed by atoms with Crippen LogP contribution >= 0.6 is 11.6 Å². The fraction of sp³-hybridized carbons (Fsp3) is 0.250. The van der Waals surface area contributed by atoms with Crippen molar-refractivity contribution in [1.82, 2.24) is 0 Å². The molecule has 0 bridgehead atoms. The average molecular weight is 282 g/mol. The SMILES string of the molecule is NC1C=CC(C(=O)Nc2cc([N+](=O)[O-])ccc2Cl)C1. The van der Waals surface area contributed by atoms with Gasteiger partial charge in [-0.3, -0.25) is 14.9 Å². The number of non-ortho nitro benzene ring substituents is 1. The van der Waals surface area contributed by atoms with Crippen LogP contribution in [0.2, 0.25) is 5.02 Å². The number of nitrogens with two attached hydrogens (primary N) is 1. The number of halogens is 1. The molecule has 2 unspecified atom stereocenters. The maximum Gasteiger partial charge on any atom is 0.271 e. The summed E-state index contributed by atoms with van der Waals surface area (Å²) in [7, 11) is 0. The Morgan fingerprint density at radius 2 is 2.21 bits per heavy atom. The first-order valence-corrected chi connectivity index (χ1v) is 6.04. The molecule has 0 aromatic heterocycles. The van der Waals surface area contributed by atoms with Gasteiger partial charge in [0, 0.05) is 18.2 Å². The lowest BCUT2D eigenvalue weighted by Crippen LogP contribution is -2.24. The normalized spacial score (nSPS) is 21.4. The highest BCUT2D eigenvalue weighted by molar-refractivity contribution is 6.33. The summed E-state index contributed by atoms with van der Waals surface area (Å²) in [5.41, 5.74) is 5.77. The molecular formula is C12H12ClN3O3. The second-order valence-corrected chi connectivity index (χ2v) is 4.71. The first-order valence-electron chi connectivity index (χ1n) is 5.66. The molecule has 7 heteroatoms. The minimum Gasteiger partial charge on any atom is -0.324 e. The first kappa shape index (κ1) is 13.5. The van der Waals surface area contributed by atoms with E-state index in [-0.39, 0.29) is 34.3 Å². The molecule has 1 aromatic rings. The maximum absolute atomic E-state index is 11.9. The van der Waals surface area contributed by atoms with Crippen LogP contribution in [-0.2, 0) is 4.79 Å². The van der Waals surface area contributed by atoms with Crippen molar-refractivity contribution >= 4 is 28.9 Å². The fourth-order valence-electron chi connectivity index (χ4n) is 1.87. The number of amides is 1. The van der Waals surface area contributed by atoms with Gasteiger partial charge in [-0.05, 0) is 12.5 Å². The molecule has 100 valence electrons. The lowest BCUT2D eigenvalue weighted by Gasteiger charge is -2.11. The van der Waals surface area contributed by atoms with Crippen LogP contribution < -0.4 is 11.1 Å². The van der Waals surface area contributed by atoms with Crippen LogP contribution in [0.15, 0.2) is 30.4 Å². The van der Waals surface area contributed by atoms with Gasteiger partial charge in [0.05, 0.1) is 21.6 Å². The summed E-state index contributed by atoms with van der Waals surface area (Å²) in [6.07, 6.45) is 4.02. The summed E-state index contributed by atoms with van der Waals surface area (Å²) in [6, 6.07) is 3.77. The molecule has 2 atom stereocenters. The van der Waals surface area contributed by atoms with Crippen LogP contribution in [-0.4, -0.2) is 16.9 Å². The minimum absolute atomic E-state index is 0.127. The highest BCUT2D eigenvalue weighted by Crippen LogP contribution is 2.28. The van der Waals surface area contributed by atoms with Crippen molar-refractivity contribution in [3.05, 3.63) is 45.5 Å². The van der Waals surface area contributed by atoms with Crippen LogP contribution in [0.1, 0.15) is 6.42 Å². The van der Waals surface area contributed by atoms with Gasteiger partial charge in [-0.15, -0.1) is 0 Å². The topological polar surface area (TPSA) is 98.3 Å². The zero-order chi connectivity index (χ0) is 14.0. The van der Waals surface area contributed by atoms with Crippen molar-refractivity contribution in [1.29, 1.82) is 0 Å². The Balaban J connectivity index is 2.14. The van der Waals surface area contributed by atoms with E-state index in [9.17, 15) is 14.9 Å². The van der Waals surface area contributed by atoms with Gasteiger partial charge in [-0.2, -0.15) is 0 Å². The van der Waals surface area contributed by atoms with Crippen molar-refractivity contribution in [2.75, 3.05) is 5.32 Å². The van der Waals surface area contributed by atoms with Gasteiger partial charge in [-0.25, -0.2) is 0 Å². The van der Waals surface area contributed by atoms with Crippen LogP contribution in [0.5, 0.6) is 0 Å². The van der Waals surface area contributed by atoms with Gasteiger partial charge in [0.15, 0.2) is 0 Å². The van der Waals surface area contributed by atoms with Gasteiger partial charge in [-0.1, -0.05) is 23.8 Å². The zero-order valence-electron chi connectivity index (χ0n) is 9.88. The predicted molar refractivity (Wildman–Crippen MR) is 72.0 cm³/mol. The van der Waals surface area contributed by atoms with Crippen LogP contribution in [0, 0.1) is 16.0 Å². The van der Waals surface area contributed by atoms with Gasteiger partial charge in [0.25, 0.3) is 5.69 Å². The molecule has 1 amide bonds. The van der Waals surface area contributed by atoms with Gasteiger partial charge >= 0.3 is 0 Å². The number of carbonyl (C=O) groups excluding carboxylic acids is 1. The number of hydrogen-bond donors (Lipinski definition) is 2. The van der Waals surface area contributed by atoms with E-state index in [4.69, 9.17) is 17.3 Å². The van der Waals surface area contributed by atoms with Crippen molar-refractivity contribution < 1.29 is 9.72 Å². The average Bonchev–Trinajstić information content (AvgIpc) is 2.78. The monoisotopic (exact) mass is 281 g/mol. The number of benzene rings is 1. The van der Waals surface area contributed by atoms with E-state index in [2.05, 4.69) is 5.32 Å². The second kappa shape index (κ2) is 5.38. The van der Waals surface area contributed by atoms with E-state index >= 15 is 0 Å². The Hall–Kier alpha value is -1.92. The maximum atomic E-state index is 11.9. The molecule has 2 rings (SSSR count). The lowest BCUT2D eigenvalue weighted by atomic mass is 10.1. The third-order valence-corrected chi connectivity index (χ3v) is 3.20. The molecule has 19 heavy (non-hydrogen) atoms. The molecule has 6 nitrogen and oxygen atoms in total. The van der Waals surface area contributed by atoms with Crippen LogP contribution in [0.3, 0.4) is 0 Å². The molecule has 0 saturated carbocycles. The molecule has 0 aliphatic heterocycles. The van der Waals surface area contributed by atoms with Crippen molar-refractivity contribution in [3.63, 3.8) is 0 Å². The number of nitrogens with zero attached hydrogens (tertiary/aromatic N) is 1. The largest absolute Gasteiger partial charge is 0.324 e. The molecule has 3 N–H and O–H groups in total. The highest BCUT2D eigenvalue weighted by Gasteiger charge is 2.23. The number of anilines is 1. The predicted octanol–water partition coefficient (Wildman–Crippen LogP) is 2.09. The van der Waals surface area contributed by atoms with E-state index in [1.165, 1.54) is 18.2 Å². The summed E-state index contributed by atoms with van der Waals surface area (Å²) in [5, 5.41) is 13.5. The number of nitro benzene ring substituents is 1. The molecule has 0 spiro atoms. The smallest absolute Gasteiger partial charge is 0.271 e. The van der Waals surface area contributed by atoms with Crippen molar-refractivity contribution in [2.45, 2.75) is 12.5 Å². The lowest BCUT2D eigenvalue weighted by molar-refractivity contribution is -0.384. The number of hydrogen-bond acceptors (Lipinski definition) is 4. The molecule has 0 saturated heterocycles. The Kier molecular flexibility index (Phi) is 3.82. The van der Waals surface area contributed by atoms with Crippen molar-refractivity contribution in [3.8, 4) is 0 Å². The quantitative estimate of drug-likeness (QED) is 0.503. The Bertz CT molecular complexity index is 559. The van der Waals surface area contributed by atoms with Gasteiger partial charge in [0.1, 0.15) is 0 Å². The Labute approximate surface area is 114 Å². The summed E-state index contributed by atoms with van der Waals surface area (Å²) >= 11 is 5.90. The summed E-state index contributed by atoms with van der Waals surface area (Å²) in [5.74, 6) is -0.600. The molecular weight excluding hydrogens is 270 g/mol. The fourth-order valence-corrected chi connectivity index (χ4v) is 2.03. The minimum atomic E-state index is -0.544. The van der Waals surface area contributed by atoms with E-state index in [1.807, 2.05) is 0 Å². The molecule has 1 aromatic carbocycles. The van der Waals surface area contributed by atoms with Crippen LogP contribution in [0.25, 0.3) is 0 Å². The second-order valence-electron chi connectivity index (χ2n) is 4.30. The number of nitro groups is 1. The summed E-state index contributed by atoms with van der Waals surface area (Å²) in [4.78, 5) is 22.1. The third kappa shape index (κ3) is 3.10. The molecule has 0 radical (unpaired) electrons. The molecule has 0 heterocycles. The number of carbonyl (C=O) groups is 1. The first-order chi connectivity index (χ1) is 8.97. The molecule has 1 aliphatic rings.